The van der Waals surface area contributed by atoms with E-state index in [1.54, 1.807) is 4.68 Å². The quantitative estimate of drug-likeness (QED) is 0.855. The number of aromatic nitrogens is 2. The molecular weight excluding hydrogens is 254 g/mol. The summed E-state index contributed by atoms with van der Waals surface area (Å²) in [4.78, 5) is 12.3. The Hall–Kier alpha value is -1.62. The van der Waals surface area contributed by atoms with Crippen molar-refractivity contribution in [1.82, 2.24) is 15.1 Å². The number of rotatable bonds is 3. The molecule has 1 aromatic heterocycles. The molecule has 0 spiro atoms. The largest absolute Gasteiger partial charge is 0.371 e. The topological polar surface area (TPSA) is 56.1 Å². The van der Waals surface area contributed by atoms with Gasteiger partial charge >= 0.3 is 0 Å². The Bertz CT molecular complexity index is 509. The van der Waals surface area contributed by atoms with Crippen molar-refractivity contribution in [3.63, 3.8) is 0 Å². The number of carbonyl (C=O) groups is 1. The molecule has 0 radical (unpaired) electrons. The van der Waals surface area contributed by atoms with Crippen LogP contribution in [0.25, 0.3) is 0 Å². The third-order valence-electron chi connectivity index (χ3n) is 4.11. The summed E-state index contributed by atoms with van der Waals surface area (Å²) in [6.07, 6.45) is 11.7. The van der Waals surface area contributed by atoms with Gasteiger partial charge in [-0.1, -0.05) is 12.2 Å². The molecule has 1 fully saturated rings. The number of carbonyl (C=O) groups excluding carboxylic acids is 1. The molecule has 5 nitrogen and oxygen atoms in total. The molecule has 0 bridgehead atoms. The molecule has 3 rings (SSSR count). The van der Waals surface area contributed by atoms with Gasteiger partial charge in [0.2, 0.25) is 5.91 Å². The first-order valence-corrected chi connectivity index (χ1v) is 7.29. The minimum absolute atomic E-state index is 0.0632. The minimum Gasteiger partial charge on any atom is -0.371 e. The average molecular weight is 275 g/mol. The lowest BCUT2D eigenvalue weighted by Gasteiger charge is -2.23. The van der Waals surface area contributed by atoms with E-state index in [2.05, 4.69) is 22.6 Å². The molecule has 0 aromatic carbocycles. The van der Waals surface area contributed by atoms with Gasteiger partial charge in [0.25, 0.3) is 0 Å². The van der Waals surface area contributed by atoms with E-state index in [9.17, 15) is 4.79 Å². The third kappa shape index (κ3) is 2.77. The van der Waals surface area contributed by atoms with Crippen LogP contribution in [0.5, 0.6) is 0 Å². The Kier molecular flexibility index (Phi) is 3.87. The molecular formula is C15H21N3O2. The van der Waals surface area contributed by atoms with Crippen LogP contribution in [-0.2, 0) is 16.6 Å². The van der Waals surface area contributed by atoms with Gasteiger partial charge in [-0.05, 0) is 25.7 Å². The molecule has 5 heteroatoms. The standard InChI is InChI=1S/C15H21N3O2/c1-18-10-12(9-16-18)14-13(7-8-20-14)17-15(19)11-5-3-2-4-6-11/h2-3,9-11,13-14H,4-8H2,1H3,(H,17,19)/t11-,13-,14+/m0/s1. The highest BCUT2D eigenvalue weighted by atomic mass is 16.5. The average Bonchev–Trinajstić information content (AvgIpc) is 3.08. The van der Waals surface area contributed by atoms with Crippen LogP contribution in [0.3, 0.4) is 0 Å². The fourth-order valence-electron chi connectivity index (χ4n) is 2.99. The molecule has 1 aliphatic carbocycles. The van der Waals surface area contributed by atoms with Crippen molar-refractivity contribution in [3.8, 4) is 0 Å². The maximum Gasteiger partial charge on any atom is 0.223 e. The number of ether oxygens (including phenoxy) is 1. The van der Waals surface area contributed by atoms with Gasteiger partial charge in [0.1, 0.15) is 6.10 Å². The van der Waals surface area contributed by atoms with E-state index in [1.807, 2.05) is 19.4 Å². The zero-order chi connectivity index (χ0) is 13.9. The Labute approximate surface area is 119 Å². The van der Waals surface area contributed by atoms with E-state index in [4.69, 9.17) is 4.74 Å². The molecule has 1 amide bonds. The fourth-order valence-corrected chi connectivity index (χ4v) is 2.99. The second kappa shape index (κ2) is 5.79. The smallest absolute Gasteiger partial charge is 0.223 e. The van der Waals surface area contributed by atoms with Gasteiger partial charge < -0.3 is 10.1 Å². The predicted molar refractivity (Wildman–Crippen MR) is 74.9 cm³/mol. The van der Waals surface area contributed by atoms with Crippen molar-refractivity contribution in [3.05, 3.63) is 30.1 Å². The lowest BCUT2D eigenvalue weighted by atomic mass is 9.93. The predicted octanol–water partition coefficient (Wildman–Crippen LogP) is 1.72. The molecule has 1 N–H and O–H groups in total. The van der Waals surface area contributed by atoms with Gasteiger partial charge in [-0.15, -0.1) is 0 Å². The van der Waals surface area contributed by atoms with Gasteiger partial charge in [0, 0.05) is 31.3 Å². The Morgan fingerprint density at radius 2 is 2.35 bits per heavy atom. The van der Waals surface area contributed by atoms with Crippen LogP contribution in [0, 0.1) is 5.92 Å². The maximum absolute atomic E-state index is 12.3. The zero-order valence-electron chi connectivity index (χ0n) is 11.8. The Morgan fingerprint density at radius 1 is 1.45 bits per heavy atom. The lowest BCUT2D eigenvalue weighted by molar-refractivity contribution is -0.126. The van der Waals surface area contributed by atoms with Gasteiger partial charge in [0.05, 0.1) is 12.2 Å². The normalized spacial score (nSPS) is 29.6. The highest BCUT2D eigenvalue weighted by Gasteiger charge is 2.33. The van der Waals surface area contributed by atoms with E-state index >= 15 is 0 Å². The first-order chi connectivity index (χ1) is 9.74. The molecule has 0 saturated carbocycles. The molecule has 108 valence electrons. The van der Waals surface area contributed by atoms with E-state index in [0.29, 0.717) is 6.61 Å². The summed E-state index contributed by atoms with van der Waals surface area (Å²) in [5, 5.41) is 7.35. The van der Waals surface area contributed by atoms with Crippen LogP contribution in [0.2, 0.25) is 0 Å². The third-order valence-corrected chi connectivity index (χ3v) is 4.11. The first kappa shape index (κ1) is 13.4. The number of amides is 1. The molecule has 20 heavy (non-hydrogen) atoms. The molecule has 1 saturated heterocycles. The van der Waals surface area contributed by atoms with E-state index in [0.717, 1.165) is 31.2 Å². The number of hydrogen-bond donors (Lipinski definition) is 1. The van der Waals surface area contributed by atoms with Crippen molar-refractivity contribution in [2.24, 2.45) is 13.0 Å². The number of nitrogens with zero attached hydrogens (tertiary/aromatic N) is 2. The van der Waals surface area contributed by atoms with Crippen molar-refractivity contribution >= 4 is 5.91 Å². The summed E-state index contributed by atoms with van der Waals surface area (Å²) in [5.74, 6) is 0.286. The molecule has 2 heterocycles. The van der Waals surface area contributed by atoms with Crippen molar-refractivity contribution in [2.75, 3.05) is 6.61 Å². The first-order valence-electron chi connectivity index (χ1n) is 7.29. The Balaban J connectivity index is 1.64. The van der Waals surface area contributed by atoms with Crippen molar-refractivity contribution < 1.29 is 9.53 Å². The SMILES string of the molecule is Cn1cc([C@H]2OCC[C@@H]2NC(=O)[C@H]2CC=CCC2)cn1. The van der Waals surface area contributed by atoms with Crippen LogP contribution in [0.4, 0.5) is 0 Å². The number of allylic oxidation sites excluding steroid dienone is 2. The van der Waals surface area contributed by atoms with Crippen LogP contribution in [-0.4, -0.2) is 28.3 Å². The summed E-state index contributed by atoms with van der Waals surface area (Å²) in [6, 6.07) is 0.0672. The van der Waals surface area contributed by atoms with Crippen LogP contribution in [0.15, 0.2) is 24.5 Å². The van der Waals surface area contributed by atoms with Crippen molar-refractivity contribution in [2.45, 2.75) is 37.8 Å². The zero-order valence-corrected chi connectivity index (χ0v) is 11.8. The van der Waals surface area contributed by atoms with Gasteiger partial charge in [-0.3, -0.25) is 9.48 Å². The summed E-state index contributed by atoms with van der Waals surface area (Å²) in [7, 11) is 1.89. The number of hydrogen-bond acceptors (Lipinski definition) is 3. The molecule has 3 atom stereocenters. The second-order valence-electron chi connectivity index (χ2n) is 5.62. The van der Waals surface area contributed by atoms with Crippen molar-refractivity contribution in [1.29, 1.82) is 0 Å². The molecule has 1 aliphatic heterocycles. The van der Waals surface area contributed by atoms with Gasteiger partial charge in [0.15, 0.2) is 0 Å². The maximum atomic E-state index is 12.3. The highest BCUT2D eigenvalue weighted by Crippen LogP contribution is 2.29. The fraction of sp³-hybridized carbons (Fsp3) is 0.600. The summed E-state index contributed by atoms with van der Waals surface area (Å²) < 4.78 is 7.54. The van der Waals surface area contributed by atoms with E-state index in [1.165, 1.54) is 0 Å². The van der Waals surface area contributed by atoms with E-state index < -0.39 is 0 Å². The molecule has 1 aromatic rings. The minimum atomic E-state index is -0.0632. The lowest BCUT2D eigenvalue weighted by Crippen LogP contribution is -2.40. The summed E-state index contributed by atoms with van der Waals surface area (Å²) in [5.41, 5.74) is 1.04. The van der Waals surface area contributed by atoms with Crippen LogP contribution < -0.4 is 5.32 Å². The second-order valence-corrected chi connectivity index (χ2v) is 5.62. The highest BCUT2D eigenvalue weighted by molar-refractivity contribution is 5.79. The molecule has 2 aliphatic rings. The van der Waals surface area contributed by atoms with E-state index in [-0.39, 0.29) is 24.0 Å². The van der Waals surface area contributed by atoms with Crippen LogP contribution >= 0.6 is 0 Å². The number of nitrogens with one attached hydrogen (secondary N) is 1. The summed E-state index contributed by atoms with van der Waals surface area (Å²) >= 11 is 0. The number of aryl methyl sites for hydroxylation is 1. The van der Waals surface area contributed by atoms with Gasteiger partial charge in [-0.2, -0.15) is 5.10 Å². The molecule has 0 unspecified atom stereocenters. The van der Waals surface area contributed by atoms with Gasteiger partial charge in [-0.25, -0.2) is 0 Å². The summed E-state index contributed by atoms with van der Waals surface area (Å²) in [6.45, 7) is 0.690. The Morgan fingerprint density at radius 3 is 3.05 bits per heavy atom. The van der Waals surface area contributed by atoms with Crippen LogP contribution in [0.1, 0.15) is 37.4 Å². The monoisotopic (exact) mass is 275 g/mol.